The van der Waals surface area contributed by atoms with Gasteiger partial charge in [0.15, 0.2) is 5.82 Å². The van der Waals surface area contributed by atoms with Crippen LogP contribution in [0.1, 0.15) is 13.3 Å². The van der Waals surface area contributed by atoms with Gasteiger partial charge in [-0.1, -0.05) is 0 Å². The van der Waals surface area contributed by atoms with Gasteiger partial charge in [-0.3, -0.25) is 0 Å². The van der Waals surface area contributed by atoms with Crippen molar-refractivity contribution in [3.05, 3.63) is 24.0 Å². The Morgan fingerprint density at radius 2 is 2.35 bits per heavy atom. The fraction of sp³-hybridized carbons (Fsp3) is 0.462. The zero-order valence-corrected chi connectivity index (χ0v) is 11.2. The molecule has 6 nitrogen and oxygen atoms in total. The second kappa shape index (κ2) is 5.16. The van der Waals surface area contributed by atoms with Gasteiger partial charge < -0.3 is 10.5 Å². The number of ether oxygens (including phenoxy) is 1. The van der Waals surface area contributed by atoms with Crippen molar-refractivity contribution in [1.82, 2.24) is 20.2 Å². The van der Waals surface area contributed by atoms with Gasteiger partial charge in [-0.25, -0.2) is 9.07 Å². The van der Waals surface area contributed by atoms with Crippen LogP contribution in [0.15, 0.2) is 18.2 Å². The third kappa shape index (κ3) is 2.36. The van der Waals surface area contributed by atoms with E-state index in [0.29, 0.717) is 23.9 Å². The van der Waals surface area contributed by atoms with Crippen molar-refractivity contribution < 1.29 is 9.13 Å². The minimum absolute atomic E-state index is 0.0922. The van der Waals surface area contributed by atoms with Gasteiger partial charge in [-0.2, -0.15) is 0 Å². The topological polar surface area (TPSA) is 78.8 Å². The highest BCUT2D eigenvalue weighted by Gasteiger charge is 2.26. The molecule has 20 heavy (non-hydrogen) atoms. The van der Waals surface area contributed by atoms with E-state index in [1.165, 1.54) is 6.07 Å². The largest absolute Gasteiger partial charge is 0.396 e. The molecule has 3 rings (SSSR count). The highest BCUT2D eigenvalue weighted by molar-refractivity contribution is 5.61. The molecule has 2 N–H and O–H groups in total. The molecule has 0 aliphatic carbocycles. The molecule has 2 aromatic rings. The molecule has 7 heteroatoms. The Hall–Kier alpha value is -2.02. The number of hydrogen-bond donors (Lipinski definition) is 1. The molecule has 106 valence electrons. The van der Waals surface area contributed by atoms with E-state index in [1.807, 2.05) is 0 Å². The fourth-order valence-corrected chi connectivity index (χ4v) is 2.46. The molecule has 2 atom stereocenters. The average molecular weight is 277 g/mol. The SMILES string of the molecule is CC1OCCC1Cn1nnnc1-c1ccc(F)c(N)c1. The van der Waals surface area contributed by atoms with Crippen molar-refractivity contribution in [2.45, 2.75) is 26.0 Å². The molecule has 2 unspecified atom stereocenters. The molecular weight excluding hydrogens is 261 g/mol. The first-order chi connectivity index (χ1) is 9.65. The van der Waals surface area contributed by atoms with Crippen molar-refractivity contribution in [3.63, 3.8) is 0 Å². The maximum Gasteiger partial charge on any atom is 0.182 e. The monoisotopic (exact) mass is 277 g/mol. The van der Waals surface area contributed by atoms with Crippen LogP contribution in [0.25, 0.3) is 11.4 Å². The van der Waals surface area contributed by atoms with E-state index < -0.39 is 5.82 Å². The van der Waals surface area contributed by atoms with E-state index >= 15 is 0 Å². The van der Waals surface area contributed by atoms with Gasteiger partial charge in [-0.15, -0.1) is 5.10 Å². The molecule has 0 amide bonds. The fourth-order valence-electron chi connectivity index (χ4n) is 2.46. The molecule has 0 saturated carbocycles. The molecule has 1 aromatic heterocycles. The summed E-state index contributed by atoms with van der Waals surface area (Å²) < 4.78 is 20.5. The number of halogens is 1. The lowest BCUT2D eigenvalue weighted by atomic mass is 10.0. The highest BCUT2D eigenvalue weighted by Crippen LogP contribution is 2.25. The van der Waals surface area contributed by atoms with E-state index in [4.69, 9.17) is 10.5 Å². The molecule has 1 aromatic carbocycles. The molecule has 1 aliphatic heterocycles. The van der Waals surface area contributed by atoms with Gasteiger partial charge in [0, 0.05) is 18.1 Å². The highest BCUT2D eigenvalue weighted by atomic mass is 19.1. The summed E-state index contributed by atoms with van der Waals surface area (Å²) in [4.78, 5) is 0. The smallest absolute Gasteiger partial charge is 0.182 e. The molecule has 1 aliphatic rings. The quantitative estimate of drug-likeness (QED) is 0.860. The third-order valence-electron chi connectivity index (χ3n) is 3.73. The van der Waals surface area contributed by atoms with Crippen molar-refractivity contribution in [2.75, 3.05) is 12.3 Å². The second-order valence-corrected chi connectivity index (χ2v) is 5.05. The Kier molecular flexibility index (Phi) is 3.35. The van der Waals surface area contributed by atoms with Crippen LogP contribution in [-0.4, -0.2) is 32.9 Å². The summed E-state index contributed by atoms with van der Waals surface area (Å²) in [5.74, 6) is 0.538. The Labute approximate surface area is 115 Å². The third-order valence-corrected chi connectivity index (χ3v) is 3.73. The second-order valence-electron chi connectivity index (χ2n) is 5.05. The molecule has 2 heterocycles. The number of rotatable bonds is 3. The zero-order valence-electron chi connectivity index (χ0n) is 11.2. The number of nitrogens with zero attached hydrogens (tertiary/aromatic N) is 4. The van der Waals surface area contributed by atoms with Crippen LogP contribution in [0.3, 0.4) is 0 Å². The number of nitrogen functional groups attached to an aromatic ring is 1. The summed E-state index contributed by atoms with van der Waals surface area (Å²) in [5.41, 5.74) is 6.39. The summed E-state index contributed by atoms with van der Waals surface area (Å²) >= 11 is 0. The van der Waals surface area contributed by atoms with Crippen LogP contribution in [-0.2, 0) is 11.3 Å². The molecule has 0 bridgehead atoms. The first-order valence-corrected chi connectivity index (χ1v) is 6.58. The van der Waals surface area contributed by atoms with Gasteiger partial charge >= 0.3 is 0 Å². The van der Waals surface area contributed by atoms with Crippen molar-refractivity contribution in [1.29, 1.82) is 0 Å². The van der Waals surface area contributed by atoms with E-state index in [9.17, 15) is 4.39 Å². The van der Waals surface area contributed by atoms with E-state index in [-0.39, 0.29) is 11.8 Å². The van der Waals surface area contributed by atoms with Crippen LogP contribution in [0.4, 0.5) is 10.1 Å². The number of nitrogens with two attached hydrogens (primary N) is 1. The number of anilines is 1. The van der Waals surface area contributed by atoms with E-state index in [1.54, 1.807) is 16.8 Å². The molecule has 1 saturated heterocycles. The van der Waals surface area contributed by atoms with E-state index in [0.717, 1.165) is 13.0 Å². The Morgan fingerprint density at radius 1 is 1.50 bits per heavy atom. The molecule has 0 radical (unpaired) electrons. The van der Waals surface area contributed by atoms with Crippen molar-refractivity contribution in [3.8, 4) is 11.4 Å². The average Bonchev–Trinajstić information content (AvgIpc) is 3.04. The van der Waals surface area contributed by atoms with Crippen LogP contribution in [0, 0.1) is 11.7 Å². The standard InChI is InChI=1S/C13H16FN5O/c1-8-10(4-5-20-8)7-19-13(16-17-18-19)9-2-3-11(14)12(15)6-9/h2-3,6,8,10H,4-5,7,15H2,1H3. The van der Waals surface area contributed by atoms with Gasteiger partial charge in [0.1, 0.15) is 5.82 Å². The number of benzene rings is 1. The van der Waals surface area contributed by atoms with Gasteiger partial charge in [-0.05, 0) is 42.0 Å². The maximum atomic E-state index is 13.2. The Bertz CT molecular complexity index is 615. The lowest BCUT2D eigenvalue weighted by molar-refractivity contribution is 0.101. The molecular formula is C13H16FN5O. The maximum absolute atomic E-state index is 13.2. The van der Waals surface area contributed by atoms with Gasteiger partial charge in [0.05, 0.1) is 18.3 Å². The minimum atomic E-state index is -0.439. The molecule has 1 fully saturated rings. The van der Waals surface area contributed by atoms with E-state index in [2.05, 4.69) is 22.4 Å². The zero-order chi connectivity index (χ0) is 14.1. The summed E-state index contributed by atoms with van der Waals surface area (Å²) in [6.07, 6.45) is 1.19. The van der Waals surface area contributed by atoms with Crippen molar-refractivity contribution >= 4 is 5.69 Å². The van der Waals surface area contributed by atoms with Crippen LogP contribution in [0.5, 0.6) is 0 Å². The van der Waals surface area contributed by atoms with Crippen LogP contribution < -0.4 is 5.73 Å². The summed E-state index contributed by atoms with van der Waals surface area (Å²) in [5, 5.41) is 11.7. The summed E-state index contributed by atoms with van der Waals surface area (Å²) in [6.45, 7) is 3.51. The first kappa shape index (κ1) is 13.0. The minimum Gasteiger partial charge on any atom is -0.396 e. The number of hydrogen-bond acceptors (Lipinski definition) is 5. The lowest BCUT2D eigenvalue weighted by Gasteiger charge is -2.14. The normalized spacial score (nSPS) is 22.3. The number of tetrazole rings is 1. The van der Waals surface area contributed by atoms with Crippen LogP contribution in [0.2, 0.25) is 0 Å². The predicted octanol–water partition coefficient (Wildman–Crippen LogP) is 1.49. The Morgan fingerprint density at radius 3 is 3.05 bits per heavy atom. The Balaban J connectivity index is 1.87. The first-order valence-electron chi connectivity index (χ1n) is 6.58. The van der Waals surface area contributed by atoms with Gasteiger partial charge in [0.2, 0.25) is 0 Å². The number of aromatic nitrogens is 4. The lowest BCUT2D eigenvalue weighted by Crippen LogP contribution is -2.19. The predicted molar refractivity (Wildman–Crippen MR) is 71.1 cm³/mol. The van der Waals surface area contributed by atoms with Crippen LogP contribution >= 0.6 is 0 Å². The summed E-state index contributed by atoms with van der Waals surface area (Å²) in [7, 11) is 0. The summed E-state index contributed by atoms with van der Waals surface area (Å²) in [6, 6.07) is 4.50. The molecule has 0 spiro atoms. The van der Waals surface area contributed by atoms with Crippen molar-refractivity contribution in [2.24, 2.45) is 5.92 Å². The van der Waals surface area contributed by atoms with Gasteiger partial charge in [0.25, 0.3) is 0 Å².